The second-order valence-electron chi connectivity index (χ2n) is 4.01. The quantitative estimate of drug-likeness (QED) is 0.917. The molecule has 0 aliphatic heterocycles. The van der Waals surface area contributed by atoms with Gasteiger partial charge in [0.25, 0.3) is 0 Å². The van der Waals surface area contributed by atoms with Crippen LogP contribution in [0.15, 0.2) is 33.7 Å². The highest BCUT2D eigenvalue weighted by Gasteiger charge is 2.16. The second kappa shape index (κ2) is 5.76. The van der Waals surface area contributed by atoms with E-state index < -0.39 is 17.1 Å². The molecule has 0 saturated carbocycles. The van der Waals surface area contributed by atoms with Crippen LogP contribution in [0.5, 0.6) is 0 Å². The molecule has 1 N–H and O–H groups in total. The van der Waals surface area contributed by atoms with Crippen molar-refractivity contribution in [2.24, 2.45) is 0 Å². The lowest BCUT2D eigenvalue weighted by molar-refractivity contribution is 0.0686. The smallest absolute Gasteiger partial charge is 0.360 e. The summed E-state index contributed by atoms with van der Waals surface area (Å²) in [7, 11) is 0. The molecule has 0 spiro atoms. The molecule has 0 atom stereocenters. The van der Waals surface area contributed by atoms with Gasteiger partial charge in [-0.1, -0.05) is 24.6 Å². The third-order valence-corrected chi connectivity index (χ3v) is 4.13. The summed E-state index contributed by atoms with van der Waals surface area (Å²) in [6.07, 6.45) is 1.94. The number of aryl methyl sites for hydroxylation is 1. The minimum Gasteiger partial charge on any atom is -0.476 e. The van der Waals surface area contributed by atoms with E-state index in [1.54, 1.807) is 25.1 Å². The van der Waals surface area contributed by atoms with Crippen LogP contribution in [0.3, 0.4) is 0 Å². The van der Waals surface area contributed by atoms with Crippen LogP contribution in [0.1, 0.15) is 23.0 Å². The van der Waals surface area contributed by atoms with Crippen molar-refractivity contribution < 1.29 is 9.90 Å². The Morgan fingerprint density at radius 1 is 1.50 bits per heavy atom. The van der Waals surface area contributed by atoms with E-state index in [4.69, 9.17) is 16.7 Å². The van der Waals surface area contributed by atoms with Crippen LogP contribution < -0.4 is 5.43 Å². The number of aromatic carboxylic acids is 1. The molecule has 0 fully saturated rings. The summed E-state index contributed by atoms with van der Waals surface area (Å²) < 4.78 is 1.93. The lowest BCUT2D eigenvalue weighted by Gasteiger charge is -2.11. The number of nitrogens with zero attached hydrogens (tertiary/aromatic N) is 2. The normalized spacial score (nSPS) is 10.6. The SMILES string of the molecule is CCc1cn(-c2cccc(Cl)c2Br)nc(C(=O)O)c1=O. The van der Waals surface area contributed by atoms with E-state index in [2.05, 4.69) is 21.0 Å². The van der Waals surface area contributed by atoms with Gasteiger partial charge in [0.1, 0.15) is 0 Å². The first-order chi connectivity index (χ1) is 9.45. The largest absolute Gasteiger partial charge is 0.476 e. The molecule has 0 aliphatic rings. The van der Waals surface area contributed by atoms with Gasteiger partial charge in [-0.3, -0.25) is 4.79 Å². The van der Waals surface area contributed by atoms with Crippen molar-refractivity contribution in [1.29, 1.82) is 0 Å². The third kappa shape index (κ3) is 2.62. The van der Waals surface area contributed by atoms with Gasteiger partial charge in [0.15, 0.2) is 0 Å². The molecule has 0 bridgehead atoms. The Hall–Kier alpha value is -1.66. The monoisotopic (exact) mass is 356 g/mol. The Kier molecular flexibility index (Phi) is 4.25. The van der Waals surface area contributed by atoms with Crippen molar-refractivity contribution in [3.8, 4) is 5.69 Å². The van der Waals surface area contributed by atoms with Gasteiger partial charge >= 0.3 is 5.97 Å². The average Bonchev–Trinajstić information content (AvgIpc) is 2.42. The van der Waals surface area contributed by atoms with Gasteiger partial charge in [-0.25, -0.2) is 9.48 Å². The number of halogens is 2. The maximum Gasteiger partial charge on any atom is 0.360 e. The number of hydrogen-bond acceptors (Lipinski definition) is 3. The zero-order chi connectivity index (χ0) is 14.9. The molecular formula is C13H10BrClN2O3. The van der Waals surface area contributed by atoms with Crippen molar-refractivity contribution in [3.05, 3.63) is 55.4 Å². The molecule has 0 radical (unpaired) electrons. The van der Waals surface area contributed by atoms with E-state index in [-0.39, 0.29) is 0 Å². The Labute approximate surface area is 127 Å². The summed E-state index contributed by atoms with van der Waals surface area (Å²) in [5.74, 6) is -1.35. The minimum absolute atomic E-state index is 0.379. The van der Waals surface area contributed by atoms with Gasteiger partial charge in [0.2, 0.25) is 11.1 Å². The minimum atomic E-state index is -1.35. The summed E-state index contributed by atoms with van der Waals surface area (Å²) in [5.41, 5.74) is -0.121. The second-order valence-corrected chi connectivity index (χ2v) is 5.21. The highest BCUT2D eigenvalue weighted by molar-refractivity contribution is 9.10. The summed E-state index contributed by atoms with van der Waals surface area (Å²) >= 11 is 9.33. The summed E-state index contributed by atoms with van der Waals surface area (Å²) in [4.78, 5) is 23.0. The van der Waals surface area contributed by atoms with Crippen LogP contribution in [0.25, 0.3) is 5.69 Å². The van der Waals surface area contributed by atoms with Crippen LogP contribution in [-0.2, 0) is 6.42 Å². The van der Waals surface area contributed by atoms with E-state index in [9.17, 15) is 9.59 Å². The molecule has 104 valence electrons. The molecule has 0 unspecified atom stereocenters. The Morgan fingerprint density at radius 3 is 2.80 bits per heavy atom. The predicted octanol–water partition coefficient (Wildman–Crippen LogP) is 2.91. The summed E-state index contributed by atoms with van der Waals surface area (Å²) in [6, 6.07) is 5.13. The van der Waals surface area contributed by atoms with Crippen molar-refractivity contribution in [2.75, 3.05) is 0 Å². The fraction of sp³-hybridized carbons (Fsp3) is 0.154. The first kappa shape index (κ1) is 14.7. The molecule has 1 aromatic heterocycles. The summed E-state index contributed by atoms with van der Waals surface area (Å²) in [5, 5.41) is 13.4. The molecule has 5 nitrogen and oxygen atoms in total. The van der Waals surface area contributed by atoms with Crippen LogP contribution in [0, 0.1) is 0 Å². The number of aromatic nitrogens is 2. The number of carboxylic acid groups (broad SMARTS) is 1. The molecule has 0 aliphatic carbocycles. The van der Waals surface area contributed by atoms with Crippen LogP contribution in [0.2, 0.25) is 5.02 Å². The Morgan fingerprint density at radius 2 is 2.20 bits per heavy atom. The average molecular weight is 358 g/mol. The van der Waals surface area contributed by atoms with E-state index >= 15 is 0 Å². The molecular weight excluding hydrogens is 348 g/mol. The maximum absolute atomic E-state index is 11.9. The Bertz CT molecular complexity index is 743. The molecule has 1 aromatic carbocycles. The number of hydrogen-bond donors (Lipinski definition) is 1. The van der Waals surface area contributed by atoms with Gasteiger partial charge < -0.3 is 5.11 Å². The van der Waals surface area contributed by atoms with Crippen molar-refractivity contribution >= 4 is 33.5 Å². The number of rotatable bonds is 3. The molecule has 0 amide bonds. The fourth-order valence-electron chi connectivity index (χ4n) is 1.72. The van der Waals surface area contributed by atoms with E-state index in [1.165, 1.54) is 10.9 Å². The highest BCUT2D eigenvalue weighted by atomic mass is 79.9. The molecule has 2 rings (SSSR count). The van der Waals surface area contributed by atoms with Crippen molar-refractivity contribution in [2.45, 2.75) is 13.3 Å². The zero-order valence-corrected chi connectivity index (χ0v) is 12.8. The van der Waals surface area contributed by atoms with Crippen LogP contribution in [0.4, 0.5) is 0 Å². The van der Waals surface area contributed by atoms with Gasteiger partial charge in [-0.2, -0.15) is 5.10 Å². The van der Waals surface area contributed by atoms with E-state index in [0.29, 0.717) is 27.2 Å². The number of carboxylic acids is 1. The standard InChI is InChI=1S/C13H10BrClN2O3/c1-2-7-6-17(16-11(12(7)18)13(19)20)9-5-3-4-8(15)10(9)14/h3-6H,2H2,1H3,(H,19,20). The molecule has 2 aromatic rings. The fourth-order valence-corrected chi connectivity index (χ4v) is 2.34. The van der Waals surface area contributed by atoms with Gasteiger partial charge in [0.05, 0.1) is 15.2 Å². The number of carbonyl (C=O) groups is 1. The highest BCUT2D eigenvalue weighted by Crippen LogP contribution is 2.28. The van der Waals surface area contributed by atoms with E-state index in [1.807, 2.05) is 0 Å². The van der Waals surface area contributed by atoms with Gasteiger partial charge in [0, 0.05) is 11.8 Å². The molecule has 0 saturated heterocycles. The molecule has 7 heteroatoms. The van der Waals surface area contributed by atoms with Gasteiger partial charge in [-0.05, 0) is 34.5 Å². The maximum atomic E-state index is 11.9. The van der Waals surface area contributed by atoms with Crippen molar-refractivity contribution in [3.63, 3.8) is 0 Å². The lowest BCUT2D eigenvalue weighted by atomic mass is 10.2. The summed E-state index contributed by atoms with van der Waals surface area (Å²) in [6.45, 7) is 1.78. The molecule has 20 heavy (non-hydrogen) atoms. The third-order valence-electron chi connectivity index (χ3n) is 2.75. The first-order valence-electron chi connectivity index (χ1n) is 5.76. The Balaban J connectivity index is 2.75. The predicted molar refractivity (Wildman–Crippen MR) is 78.9 cm³/mol. The molecule has 1 heterocycles. The lowest BCUT2D eigenvalue weighted by Crippen LogP contribution is -2.24. The zero-order valence-electron chi connectivity index (χ0n) is 10.4. The van der Waals surface area contributed by atoms with E-state index in [0.717, 1.165) is 0 Å². The first-order valence-corrected chi connectivity index (χ1v) is 6.93. The van der Waals surface area contributed by atoms with Crippen LogP contribution >= 0.6 is 27.5 Å². The van der Waals surface area contributed by atoms with Crippen molar-refractivity contribution in [1.82, 2.24) is 9.78 Å². The number of benzene rings is 1. The topological polar surface area (TPSA) is 72.2 Å². The van der Waals surface area contributed by atoms with Crippen LogP contribution in [-0.4, -0.2) is 20.9 Å². The van der Waals surface area contributed by atoms with Gasteiger partial charge in [-0.15, -0.1) is 0 Å².